The van der Waals surface area contributed by atoms with Crippen LogP contribution in [0.5, 0.6) is 0 Å². The molecular formula is C15H18N4O2. The van der Waals surface area contributed by atoms with Crippen molar-refractivity contribution in [2.75, 3.05) is 23.3 Å². The van der Waals surface area contributed by atoms with E-state index in [0.29, 0.717) is 12.4 Å². The number of nitrogens with one attached hydrogen (secondary N) is 1. The lowest BCUT2D eigenvalue weighted by atomic mass is 9.98. The van der Waals surface area contributed by atoms with E-state index in [4.69, 9.17) is 10.3 Å². The van der Waals surface area contributed by atoms with Gasteiger partial charge in [0.15, 0.2) is 0 Å². The number of anilines is 2. The van der Waals surface area contributed by atoms with E-state index in [0.717, 1.165) is 17.8 Å². The van der Waals surface area contributed by atoms with Crippen molar-refractivity contribution in [1.29, 1.82) is 0 Å². The van der Waals surface area contributed by atoms with E-state index < -0.39 is 0 Å². The number of hydrogen-bond acceptors (Lipinski definition) is 5. The lowest BCUT2D eigenvalue weighted by Gasteiger charge is -2.34. The number of para-hydroxylation sites is 1. The van der Waals surface area contributed by atoms with Gasteiger partial charge in [0.2, 0.25) is 11.8 Å². The summed E-state index contributed by atoms with van der Waals surface area (Å²) in [4.78, 5) is 14.1. The number of carbonyl (C=O) groups is 1. The first-order valence-electron chi connectivity index (χ1n) is 6.93. The van der Waals surface area contributed by atoms with Gasteiger partial charge in [0.25, 0.3) is 0 Å². The molecule has 1 amide bonds. The van der Waals surface area contributed by atoms with Crippen molar-refractivity contribution in [2.24, 2.45) is 5.73 Å². The molecule has 0 bridgehead atoms. The molecule has 2 heterocycles. The highest BCUT2D eigenvalue weighted by Crippen LogP contribution is 2.26. The molecule has 6 nitrogen and oxygen atoms in total. The second-order valence-electron chi connectivity index (χ2n) is 5.35. The topological polar surface area (TPSA) is 84.4 Å². The van der Waals surface area contributed by atoms with Crippen LogP contribution in [0.1, 0.15) is 11.3 Å². The number of fused-ring (bicyclic) bond motifs is 1. The second kappa shape index (κ2) is 5.57. The molecule has 1 aromatic heterocycles. The summed E-state index contributed by atoms with van der Waals surface area (Å²) in [5, 5.41) is 6.45. The zero-order valence-electron chi connectivity index (χ0n) is 11.9. The van der Waals surface area contributed by atoms with E-state index in [1.54, 1.807) is 13.0 Å². The van der Waals surface area contributed by atoms with Crippen LogP contribution in [0.25, 0.3) is 0 Å². The molecule has 1 aliphatic rings. The summed E-state index contributed by atoms with van der Waals surface area (Å²) in [6, 6.07) is 9.77. The van der Waals surface area contributed by atoms with Gasteiger partial charge in [-0.2, -0.15) is 0 Å². The standard InChI is InChI=1S/C15H18N4O2/c1-10-6-15(21-18-10)17-14(20)9-19-8-12(16)7-11-4-2-3-5-13(11)19/h2-6,12H,7-9,16H2,1H3,(H,17,20). The summed E-state index contributed by atoms with van der Waals surface area (Å²) in [6.07, 6.45) is 0.843. The summed E-state index contributed by atoms with van der Waals surface area (Å²) in [7, 11) is 0. The molecule has 0 aliphatic carbocycles. The number of hydrogen-bond donors (Lipinski definition) is 2. The fourth-order valence-corrected chi connectivity index (χ4v) is 2.64. The van der Waals surface area contributed by atoms with Gasteiger partial charge in [-0.3, -0.25) is 10.1 Å². The van der Waals surface area contributed by atoms with Crippen molar-refractivity contribution in [2.45, 2.75) is 19.4 Å². The van der Waals surface area contributed by atoms with Crippen molar-refractivity contribution >= 4 is 17.5 Å². The number of rotatable bonds is 3. The molecule has 21 heavy (non-hydrogen) atoms. The number of carbonyl (C=O) groups excluding carboxylic acids is 1. The van der Waals surface area contributed by atoms with E-state index in [1.165, 1.54) is 5.56 Å². The first-order chi connectivity index (χ1) is 10.1. The zero-order chi connectivity index (χ0) is 14.8. The average Bonchev–Trinajstić information content (AvgIpc) is 2.83. The maximum absolute atomic E-state index is 12.1. The summed E-state index contributed by atoms with van der Waals surface area (Å²) in [6.45, 7) is 2.71. The van der Waals surface area contributed by atoms with Crippen molar-refractivity contribution in [1.82, 2.24) is 5.16 Å². The van der Waals surface area contributed by atoms with Crippen LogP contribution in [-0.2, 0) is 11.2 Å². The molecule has 2 aromatic rings. The van der Waals surface area contributed by atoms with E-state index in [1.807, 2.05) is 23.1 Å². The number of benzene rings is 1. The first kappa shape index (κ1) is 13.6. The van der Waals surface area contributed by atoms with Crippen LogP contribution in [-0.4, -0.2) is 30.2 Å². The Labute approximate surface area is 122 Å². The molecule has 0 saturated heterocycles. The van der Waals surface area contributed by atoms with Gasteiger partial charge < -0.3 is 15.2 Å². The molecule has 3 rings (SSSR count). The van der Waals surface area contributed by atoms with Crippen molar-refractivity contribution in [3.63, 3.8) is 0 Å². The third kappa shape index (κ3) is 3.05. The molecule has 6 heteroatoms. The third-order valence-electron chi connectivity index (χ3n) is 3.49. The van der Waals surface area contributed by atoms with Crippen molar-refractivity contribution < 1.29 is 9.32 Å². The number of nitrogens with zero attached hydrogens (tertiary/aromatic N) is 2. The minimum atomic E-state index is -0.143. The quantitative estimate of drug-likeness (QED) is 0.888. The van der Waals surface area contributed by atoms with Crippen LogP contribution >= 0.6 is 0 Å². The maximum atomic E-state index is 12.1. The Kier molecular flexibility index (Phi) is 3.62. The lowest BCUT2D eigenvalue weighted by molar-refractivity contribution is -0.115. The fraction of sp³-hybridized carbons (Fsp3) is 0.333. The number of aromatic nitrogens is 1. The van der Waals surface area contributed by atoms with E-state index >= 15 is 0 Å². The summed E-state index contributed by atoms with van der Waals surface area (Å²) in [5.74, 6) is 0.224. The number of nitrogens with two attached hydrogens (primary N) is 1. The van der Waals surface area contributed by atoms with Gasteiger partial charge in [-0.25, -0.2) is 0 Å². The Balaban J connectivity index is 1.71. The van der Waals surface area contributed by atoms with Gasteiger partial charge >= 0.3 is 0 Å². The normalized spacial score (nSPS) is 17.4. The minimum absolute atomic E-state index is 0.0419. The Bertz CT molecular complexity index is 653. The Morgan fingerprint density at radius 1 is 1.52 bits per heavy atom. The van der Waals surface area contributed by atoms with Crippen LogP contribution in [0.15, 0.2) is 34.9 Å². The molecular weight excluding hydrogens is 268 g/mol. The highest BCUT2D eigenvalue weighted by molar-refractivity contribution is 5.93. The van der Waals surface area contributed by atoms with Crippen molar-refractivity contribution in [3.05, 3.63) is 41.6 Å². The fourth-order valence-electron chi connectivity index (χ4n) is 2.64. The molecule has 1 unspecified atom stereocenters. The Morgan fingerprint density at radius 3 is 3.10 bits per heavy atom. The first-order valence-corrected chi connectivity index (χ1v) is 6.93. The van der Waals surface area contributed by atoms with E-state index in [-0.39, 0.29) is 18.5 Å². The zero-order valence-corrected chi connectivity index (χ0v) is 11.9. The molecule has 0 saturated carbocycles. The molecule has 0 radical (unpaired) electrons. The molecule has 1 atom stereocenters. The molecule has 1 aliphatic heterocycles. The van der Waals surface area contributed by atoms with Gasteiger partial charge in [-0.05, 0) is 25.0 Å². The Morgan fingerprint density at radius 2 is 2.33 bits per heavy atom. The maximum Gasteiger partial charge on any atom is 0.246 e. The largest absolute Gasteiger partial charge is 0.360 e. The van der Waals surface area contributed by atoms with Gasteiger partial charge in [0.1, 0.15) is 0 Å². The van der Waals surface area contributed by atoms with Gasteiger partial charge in [-0.15, -0.1) is 0 Å². The second-order valence-corrected chi connectivity index (χ2v) is 5.35. The van der Waals surface area contributed by atoms with Crippen LogP contribution < -0.4 is 16.0 Å². The van der Waals surface area contributed by atoms with Gasteiger partial charge in [-0.1, -0.05) is 23.4 Å². The average molecular weight is 286 g/mol. The summed E-state index contributed by atoms with van der Waals surface area (Å²) in [5.41, 5.74) is 9.05. The van der Waals surface area contributed by atoms with Gasteiger partial charge in [0.05, 0.1) is 12.2 Å². The SMILES string of the molecule is Cc1cc(NC(=O)CN2CC(N)Cc3ccccc32)on1. The van der Waals surface area contributed by atoms with Crippen LogP contribution in [0.4, 0.5) is 11.6 Å². The van der Waals surface area contributed by atoms with Gasteiger partial charge in [0, 0.05) is 24.3 Å². The van der Waals surface area contributed by atoms with E-state index in [9.17, 15) is 4.79 Å². The van der Waals surface area contributed by atoms with Crippen LogP contribution in [0, 0.1) is 6.92 Å². The monoisotopic (exact) mass is 286 g/mol. The predicted octanol–water partition coefficient (Wildman–Crippen LogP) is 1.31. The third-order valence-corrected chi connectivity index (χ3v) is 3.49. The molecule has 0 fully saturated rings. The van der Waals surface area contributed by atoms with Crippen molar-refractivity contribution in [3.8, 4) is 0 Å². The van der Waals surface area contributed by atoms with E-state index in [2.05, 4.69) is 16.5 Å². The predicted molar refractivity (Wildman–Crippen MR) is 80.2 cm³/mol. The Hall–Kier alpha value is -2.34. The molecule has 110 valence electrons. The van der Waals surface area contributed by atoms with Crippen LogP contribution in [0.2, 0.25) is 0 Å². The molecule has 1 aromatic carbocycles. The summed E-state index contributed by atoms with van der Waals surface area (Å²) >= 11 is 0. The highest BCUT2D eigenvalue weighted by Gasteiger charge is 2.23. The summed E-state index contributed by atoms with van der Waals surface area (Å²) < 4.78 is 4.99. The molecule has 3 N–H and O–H groups in total. The lowest BCUT2D eigenvalue weighted by Crippen LogP contribution is -2.46. The molecule has 0 spiro atoms. The minimum Gasteiger partial charge on any atom is -0.360 e. The van der Waals surface area contributed by atoms with Crippen LogP contribution in [0.3, 0.4) is 0 Å². The number of amides is 1. The smallest absolute Gasteiger partial charge is 0.246 e. The number of aryl methyl sites for hydroxylation is 1. The highest BCUT2D eigenvalue weighted by atomic mass is 16.5.